The lowest BCUT2D eigenvalue weighted by Crippen LogP contribution is -2.38. The van der Waals surface area contributed by atoms with Gasteiger partial charge in [-0.2, -0.15) is 0 Å². The van der Waals surface area contributed by atoms with E-state index in [0.29, 0.717) is 6.04 Å². The van der Waals surface area contributed by atoms with Crippen LogP contribution < -0.4 is 23.8 Å². The molecule has 2 aliphatic heterocycles. The number of rotatable bonds is 4. The van der Waals surface area contributed by atoms with Crippen molar-refractivity contribution in [3.05, 3.63) is 41.0 Å². The summed E-state index contributed by atoms with van der Waals surface area (Å²) in [4.78, 5) is 2.50. The van der Waals surface area contributed by atoms with Gasteiger partial charge in [0.25, 0.3) is 0 Å². The number of hydrogen-bond donors (Lipinski definition) is 0. The molecule has 1 atom stereocenters. The summed E-state index contributed by atoms with van der Waals surface area (Å²) in [6.07, 6.45) is 3.08. The molecule has 0 aliphatic carbocycles. The molecule has 0 saturated carbocycles. The van der Waals surface area contributed by atoms with Crippen LogP contribution in [0.25, 0.3) is 0 Å². The maximum absolute atomic E-state index is 5.54. The molecule has 2 aromatic carbocycles. The van der Waals surface area contributed by atoms with Gasteiger partial charge in [0.1, 0.15) is 0 Å². The molecule has 0 radical (unpaired) electrons. The van der Waals surface area contributed by atoms with Gasteiger partial charge in [-0.15, -0.1) is 0 Å². The zero-order valence-electron chi connectivity index (χ0n) is 15.8. The quantitative estimate of drug-likeness (QED) is 0.835. The third-order valence-corrected chi connectivity index (χ3v) is 5.58. The van der Waals surface area contributed by atoms with Crippen molar-refractivity contribution in [2.75, 3.05) is 39.9 Å². The third kappa shape index (κ3) is 2.54. The van der Waals surface area contributed by atoms with E-state index in [1.165, 1.54) is 22.4 Å². The number of fused-ring (bicyclic) bond motifs is 5. The number of hydrogen-bond acceptors (Lipinski definition) is 5. The minimum Gasteiger partial charge on any atom is -0.493 e. The van der Waals surface area contributed by atoms with Gasteiger partial charge >= 0.3 is 0 Å². The molecule has 1 unspecified atom stereocenters. The van der Waals surface area contributed by atoms with Gasteiger partial charge in [-0.3, -0.25) is 0 Å². The van der Waals surface area contributed by atoms with Crippen molar-refractivity contribution in [2.24, 2.45) is 0 Å². The first-order chi connectivity index (χ1) is 12.7. The summed E-state index contributed by atoms with van der Waals surface area (Å²) in [5, 5.41) is 0. The summed E-state index contributed by atoms with van der Waals surface area (Å²) in [7, 11) is 6.76. The second-order valence-corrected chi connectivity index (χ2v) is 6.74. The lowest BCUT2D eigenvalue weighted by Gasteiger charge is -2.43. The van der Waals surface area contributed by atoms with Gasteiger partial charge in [0, 0.05) is 18.3 Å². The van der Waals surface area contributed by atoms with Gasteiger partial charge in [-0.25, -0.2) is 0 Å². The smallest absolute Gasteiger partial charge is 0.162 e. The second-order valence-electron chi connectivity index (χ2n) is 6.74. The van der Waals surface area contributed by atoms with Crippen LogP contribution in [0.1, 0.15) is 29.2 Å². The Bertz CT molecular complexity index is 764. The molecule has 0 aromatic heterocycles. The zero-order chi connectivity index (χ0) is 18.3. The molecule has 0 bridgehead atoms. The first-order valence-corrected chi connectivity index (χ1v) is 8.96. The maximum atomic E-state index is 5.54. The topological polar surface area (TPSA) is 40.2 Å². The van der Waals surface area contributed by atoms with Crippen molar-refractivity contribution in [3.63, 3.8) is 0 Å². The Morgan fingerprint density at radius 3 is 1.96 bits per heavy atom. The highest BCUT2D eigenvalue weighted by Crippen LogP contribution is 2.47. The molecule has 2 aromatic rings. The van der Waals surface area contributed by atoms with E-state index >= 15 is 0 Å². The first kappa shape index (κ1) is 16.9. The van der Waals surface area contributed by atoms with Crippen molar-refractivity contribution in [2.45, 2.75) is 25.3 Å². The molecule has 26 heavy (non-hydrogen) atoms. The van der Waals surface area contributed by atoms with Gasteiger partial charge in [0.2, 0.25) is 0 Å². The molecule has 2 aliphatic rings. The molecule has 0 spiro atoms. The average Bonchev–Trinajstić information content (AvgIpc) is 2.70. The molecular formula is C21H25NO4. The predicted octanol–water partition coefficient (Wildman–Crippen LogP) is 3.77. The summed E-state index contributed by atoms with van der Waals surface area (Å²) >= 11 is 0. The number of methoxy groups -OCH3 is 4. The SMILES string of the molecule is COc1cc2c(cc1OC)C1CCc3cc(OC)c(OC)cc3N1CC2. The second kappa shape index (κ2) is 6.63. The van der Waals surface area contributed by atoms with E-state index in [0.717, 1.165) is 48.8 Å². The van der Waals surface area contributed by atoms with Gasteiger partial charge in [0.15, 0.2) is 23.0 Å². The molecule has 2 heterocycles. The number of aryl methyl sites for hydroxylation is 1. The van der Waals surface area contributed by atoms with Crippen LogP contribution in [0.5, 0.6) is 23.0 Å². The zero-order valence-corrected chi connectivity index (χ0v) is 15.8. The van der Waals surface area contributed by atoms with Gasteiger partial charge in [-0.05, 0) is 54.2 Å². The van der Waals surface area contributed by atoms with Crippen LogP contribution in [-0.4, -0.2) is 35.0 Å². The Balaban J connectivity index is 1.78. The first-order valence-electron chi connectivity index (χ1n) is 8.96. The highest BCUT2D eigenvalue weighted by atomic mass is 16.5. The fourth-order valence-electron chi connectivity index (χ4n) is 4.30. The minimum absolute atomic E-state index is 0.351. The number of anilines is 1. The van der Waals surface area contributed by atoms with Crippen LogP contribution in [0.2, 0.25) is 0 Å². The van der Waals surface area contributed by atoms with Crippen molar-refractivity contribution in [1.82, 2.24) is 0 Å². The Hall–Kier alpha value is -2.56. The molecule has 0 amide bonds. The molecule has 5 heteroatoms. The van der Waals surface area contributed by atoms with E-state index in [2.05, 4.69) is 29.2 Å². The average molecular weight is 355 g/mol. The summed E-state index contributed by atoms with van der Waals surface area (Å²) < 4.78 is 22.0. The highest BCUT2D eigenvalue weighted by Gasteiger charge is 2.34. The van der Waals surface area contributed by atoms with Gasteiger partial charge < -0.3 is 23.8 Å². The van der Waals surface area contributed by atoms with Crippen LogP contribution in [-0.2, 0) is 12.8 Å². The number of benzene rings is 2. The molecule has 0 N–H and O–H groups in total. The molecular weight excluding hydrogens is 330 g/mol. The van der Waals surface area contributed by atoms with Crippen LogP contribution in [0.4, 0.5) is 5.69 Å². The summed E-state index contributed by atoms with van der Waals surface area (Å²) in [5.41, 5.74) is 5.27. The summed E-state index contributed by atoms with van der Waals surface area (Å²) in [6.45, 7) is 0.982. The van der Waals surface area contributed by atoms with Crippen LogP contribution in [0, 0.1) is 0 Å². The molecule has 4 rings (SSSR count). The molecule has 5 nitrogen and oxygen atoms in total. The minimum atomic E-state index is 0.351. The lowest BCUT2D eigenvalue weighted by molar-refractivity contribution is 0.351. The molecule has 0 fully saturated rings. The van der Waals surface area contributed by atoms with E-state index in [-0.39, 0.29) is 0 Å². The normalized spacial score (nSPS) is 17.7. The third-order valence-electron chi connectivity index (χ3n) is 5.58. The van der Waals surface area contributed by atoms with E-state index in [1.54, 1.807) is 28.4 Å². The van der Waals surface area contributed by atoms with Crippen molar-refractivity contribution in [3.8, 4) is 23.0 Å². The van der Waals surface area contributed by atoms with E-state index in [4.69, 9.17) is 18.9 Å². The molecule has 0 saturated heterocycles. The Morgan fingerprint density at radius 2 is 1.31 bits per heavy atom. The Kier molecular flexibility index (Phi) is 4.31. The maximum Gasteiger partial charge on any atom is 0.162 e. The predicted molar refractivity (Wildman–Crippen MR) is 101 cm³/mol. The van der Waals surface area contributed by atoms with E-state index < -0.39 is 0 Å². The van der Waals surface area contributed by atoms with Crippen LogP contribution >= 0.6 is 0 Å². The fraction of sp³-hybridized carbons (Fsp3) is 0.429. The Labute approximate surface area is 154 Å². The van der Waals surface area contributed by atoms with E-state index in [1.807, 2.05) is 0 Å². The fourth-order valence-corrected chi connectivity index (χ4v) is 4.30. The number of nitrogens with zero attached hydrogens (tertiary/aromatic N) is 1. The van der Waals surface area contributed by atoms with Crippen molar-refractivity contribution < 1.29 is 18.9 Å². The van der Waals surface area contributed by atoms with Crippen molar-refractivity contribution >= 4 is 5.69 Å². The standard InChI is InChI=1S/C21H25NO4/c1-23-18-9-13-7-8-22-16(15(13)11-20(18)25-3)6-5-14-10-19(24-2)21(26-4)12-17(14)22/h9-12,16H,5-8H2,1-4H3. The summed E-state index contributed by atoms with van der Waals surface area (Å²) in [6, 6.07) is 8.87. The van der Waals surface area contributed by atoms with Gasteiger partial charge in [-0.1, -0.05) is 0 Å². The highest BCUT2D eigenvalue weighted by molar-refractivity contribution is 5.66. The molecule has 138 valence electrons. The Morgan fingerprint density at radius 1 is 0.731 bits per heavy atom. The van der Waals surface area contributed by atoms with Crippen molar-refractivity contribution in [1.29, 1.82) is 0 Å². The number of ether oxygens (including phenoxy) is 4. The van der Waals surface area contributed by atoms with E-state index in [9.17, 15) is 0 Å². The summed E-state index contributed by atoms with van der Waals surface area (Å²) in [5.74, 6) is 3.19. The monoisotopic (exact) mass is 355 g/mol. The van der Waals surface area contributed by atoms with Gasteiger partial charge in [0.05, 0.1) is 34.5 Å². The van der Waals surface area contributed by atoms with Crippen LogP contribution in [0.15, 0.2) is 24.3 Å². The largest absolute Gasteiger partial charge is 0.493 e. The van der Waals surface area contributed by atoms with Crippen LogP contribution in [0.3, 0.4) is 0 Å². The lowest BCUT2D eigenvalue weighted by atomic mass is 9.84.